The average molecular weight is 345 g/mol. The average Bonchev–Trinajstić information content (AvgIpc) is 2.46. The van der Waals surface area contributed by atoms with Crippen LogP contribution in [-0.4, -0.2) is 23.2 Å². The molecule has 0 amide bonds. The molecule has 24 heavy (non-hydrogen) atoms. The van der Waals surface area contributed by atoms with Crippen molar-refractivity contribution in [3.8, 4) is 0 Å². The van der Waals surface area contributed by atoms with Crippen LogP contribution >= 0.6 is 0 Å². The molecule has 2 heterocycles. The number of carboxylic acid groups (broad SMARTS) is 1. The summed E-state index contributed by atoms with van der Waals surface area (Å²) in [5.74, 6) is -0.248. The Morgan fingerprint density at radius 3 is 2.62 bits per heavy atom. The van der Waals surface area contributed by atoms with Gasteiger partial charge in [0.15, 0.2) is 0 Å². The van der Waals surface area contributed by atoms with Crippen LogP contribution < -0.4 is 15.0 Å². The predicted octanol–water partition coefficient (Wildman–Crippen LogP) is 1.63. The molecular weight excluding hydrogens is 323 g/mol. The molecular formula is C16H22F3N3O2. The molecule has 0 aromatic carbocycles. The van der Waals surface area contributed by atoms with Gasteiger partial charge < -0.3 is 9.90 Å². The van der Waals surface area contributed by atoms with Crippen LogP contribution in [-0.2, 0) is 10.3 Å². The Morgan fingerprint density at radius 2 is 2.04 bits per heavy atom. The summed E-state index contributed by atoms with van der Waals surface area (Å²) in [6.07, 6.45) is 4.75. The highest BCUT2D eigenvalue weighted by Crippen LogP contribution is 2.40. The molecule has 3 atom stereocenters. The standard InChI is InChI=1S/C14H21N3.C2HF3O2/c1-10-4-5-11-12(8-10)16-13-9-15-6-7-17(13)14(11,2)3;3-2(4,5)1(6)7/h6-7,9-12H,4-5,8H2,1-3H3;(H,6,7)/t10-,11?,12?;/m1./s1. The molecule has 1 aliphatic heterocycles. The van der Waals surface area contributed by atoms with Gasteiger partial charge in [-0.3, -0.25) is 10.3 Å². The van der Waals surface area contributed by atoms with Crippen LogP contribution in [0.25, 0.3) is 0 Å². The van der Waals surface area contributed by atoms with Crippen molar-refractivity contribution in [2.24, 2.45) is 11.8 Å². The van der Waals surface area contributed by atoms with Gasteiger partial charge in [0.25, 0.3) is 5.82 Å². The van der Waals surface area contributed by atoms with Gasteiger partial charge in [-0.1, -0.05) is 6.92 Å². The van der Waals surface area contributed by atoms with E-state index in [-0.39, 0.29) is 5.54 Å². The van der Waals surface area contributed by atoms with E-state index in [1.54, 1.807) is 0 Å². The fourth-order valence-corrected chi connectivity index (χ4v) is 3.73. The lowest BCUT2D eigenvalue weighted by Gasteiger charge is -2.44. The van der Waals surface area contributed by atoms with Crippen molar-refractivity contribution in [1.82, 2.24) is 4.98 Å². The molecule has 0 radical (unpaired) electrons. The summed E-state index contributed by atoms with van der Waals surface area (Å²) in [5.41, 5.74) is 0.203. The van der Waals surface area contributed by atoms with E-state index < -0.39 is 12.1 Å². The number of fused-ring (bicyclic) bond motifs is 2. The fourth-order valence-electron chi connectivity index (χ4n) is 3.73. The summed E-state index contributed by atoms with van der Waals surface area (Å²) >= 11 is 0. The molecule has 1 aliphatic carbocycles. The lowest BCUT2D eigenvalue weighted by atomic mass is 9.69. The van der Waals surface area contributed by atoms with Gasteiger partial charge in [0, 0.05) is 5.92 Å². The fraction of sp³-hybridized carbons (Fsp3) is 0.688. The Balaban J connectivity index is 0.000000256. The molecule has 0 saturated heterocycles. The first kappa shape index (κ1) is 18.5. The van der Waals surface area contributed by atoms with Gasteiger partial charge in [-0.05, 0) is 39.0 Å². The molecule has 8 heteroatoms. The number of hydrogen-bond acceptors (Lipinski definition) is 4. The molecule has 1 aromatic rings. The Hall–Kier alpha value is -1.86. The van der Waals surface area contributed by atoms with Gasteiger partial charge in [0.05, 0.1) is 6.20 Å². The van der Waals surface area contributed by atoms with Crippen LogP contribution in [0.5, 0.6) is 0 Å². The highest BCUT2D eigenvalue weighted by atomic mass is 19.4. The monoisotopic (exact) mass is 345 g/mol. The molecule has 1 fully saturated rings. The Morgan fingerprint density at radius 1 is 1.42 bits per heavy atom. The molecule has 3 rings (SSSR count). The number of alkyl halides is 3. The third-order valence-corrected chi connectivity index (χ3v) is 4.96. The number of carbonyl (C=O) groups excluding carboxylic acids is 1. The molecule has 134 valence electrons. The van der Waals surface area contributed by atoms with E-state index in [9.17, 15) is 13.2 Å². The second-order valence-corrected chi connectivity index (χ2v) is 7.05. The van der Waals surface area contributed by atoms with Gasteiger partial charge in [-0.15, -0.1) is 0 Å². The first-order valence-electron chi connectivity index (χ1n) is 7.94. The van der Waals surface area contributed by atoms with Crippen LogP contribution in [0.15, 0.2) is 18.6 Å². The molecule has 1 saturated carbocycles. The summed E-state index contributed by atoms with van der Waals surface area (Å²) in [4.78, 5) is 13.0. The van der Waals surface area contributed by atoms with E-state index >= 15 is 0 Å². The third-order valence-electron chi connectivity index (χ3n) is 4.96. The number of nitrogens with one attached hydrogen (secondary N) is 1. The van der Waals surface area contributed by atoms with E-state index in [1.165, 1.54) is 25.1 Å². The number of carboxylic acids is 1. The molecule has 5 nitrogen and oxygen atoms in total. The molecule has 1 aromatic heterocycles. The maximum atomic E-state index is 10.5. The van der Waals surface area contributed by atoms with Gasteiger partial charge in [-0.2, -0.15) is 13.2 Å². The van der Waals surface area contributed by atoms with Gasteiger partial charge in [0.2, 0.25) is 0 Å². The van der Waals surface area contributed by atoms with E-state index in [0.717, 1.165) is 11.8 Å². The van der Waals surface area contributed by atoms with Crippen molar-refractivity contribution in [2.45, 2.75) is 57.8 Å². The number of halogens is 3. The number of rotatable bonds is 0. The number of carbonyl (C=O) groups is 1. The summed E-state index contributed by atoms with van der Waals surface area (Å²) in [5, 5.41) is 12.5. The van der Waals surface area contributed by atoms with Crippen LogP contribution in [0, 0.1) is 11.8 Å². The number of aliphatic carboxylic acids is 1. The molecule has 0 spiro atoms. The summed E-state index contributed by atoms with van der Waals surface area (Å²) in [6, 6.07) is 0.623. The minimum Gasteiger partial charge on any atom is -0.542 e. The Kier molecular flexibility index (Phi) is 5.05. The lowest BCUT2D eigenvalue weighted by molar-refractivity contribution is -0.759. The van der Waals surface area contributed by atoms with Crippen LogP contribution in [0.1, 0.15) is 40.0 Å². The van der Waals surface area contributed by atoms with E-state index in [0.29, 0.717) is 6.04 Å². The first-order chi connectivity index (χ1) is 11.0. The maximum Gasteiger partial charge on any atom is 0.430 e. The predicted molar refractivity (Wildman–Crippen MR) is 78.7 cm³/mol. The van der Waals surface area contributed by atoms with Gasteiger partial charge >= 0.3 is 6.18 Å². The Labute approximate surface area is 138 Å². The lowest BCUT2D eigenvalue weighted by Crippen LogP contribution is -2.66. The van der Waals surface area contributed by atoms with Crippen molar-refractivity contribution in [3.63, 3.8) is 0 Å². The zero-order valence-electron chi connectivity index (χ0n) is 13.9. The second-order valence-electron chi connectivity index (χ2n) is 7.05. The van der Waals surface area contributed by atoms with E-state index in [1.807, 2.05) is 12.4 Å². The number of hydrogen-bond donors (Lipinski definition) is 1. The molecule has 2 aliphatic rings. The van der Waals surface area contributed by atoms with Gasteiger partial charge in [-0.25, -0.2) is 4.57 Å². The highest BCUT2D eigenvalue weighted by molar-refractivity contribution is 5.70. The molecule has 0 bridgehead atoms. The minimum atomic E-state index is -5.19. The highest BCUT2D eigenvalue weighted by Gasteiger charge is 2.49. The van der Waals surface area contributed by atoms with Crippen molar-refractivity contribution in [3.05, 3.63) is 18.6 Å². The molecule has 1 N–H and O–H groups in total. The Bertz CT molecular complexity index is 604. The van der Waals surface area contributed by atoms with E-state index in [4.69, 9.17) is 9.90 Å². The van der Waals surface area contributed by atoms with Crippen LogP contribution in [0.4, 0.5) is 19.0 Å². The topological polar surface area (TPSA) is 68.9 Å². The van der Waals surface area contributed by atoms with Crippen molar-refractivity contribution in [1.29, 1.82) is 0 Å². The SMILES string of the molecule is C[C@@H]1CCC2C(C1)Nc1cncc[n+]1C2(C)C.O=C([O-])C(F)(F)F. The van der Waals surface area contributed by atoms with Gasteiger partial charge in [0.1, 0.15) is 29.9 Å². The second kappa shape index (κ2) is 6.57. The quantitative estimate of drug-likeness (QED) is 0.726. The van der Waals surface area contributed by atoms with Crippen LogP contribution in [0.2, 0.25) is 0 Å². The van der Waals surface area contributed by atoms with E-state index in [2.05, 4.69) is 41.8 Å². The van der Waals surface area contributed by atoms with Crippen LogP contribution in [0.3, 0.4) is 0 Å². The smallest absolute Gasteiger partial charge is 0.430 e. The zero-order chi connectivity index (χ0) is 18.1. The summed E-state index contributed by atoms with van der Waals surface area (Å²) in [6.45, 7) is 7.10. The molecule has 2 unspecified atom stereocenters. The number of nitrogens with zero attached hydrogens (tertiary/aromatic N) is 2. The zero-order valence-corrected chi connectivity index (χ0v) is 13.9. The summed E-state index contributed by atoms with van der Waals surface area (Å²) in [7, 11) is 0. The first-order valence-corrected chi connectivity index (χ1v) is 7.94. The summed E-state index contributed by atoms with van der Waals surface area (Å²) < 4.78 is 33.9. The normalized spacial score (nSPS) is 27.7. The minimum absolute atomic E-state index is 0.203. The largest absolute Gasteiger partial charge is 0.542 e. The number of anilines is 1. The maximum absolute atomic E-state index is 10.5. The third kappa shape index (κ3) is 3.79. The van der Waals surface area contributed by atoms with Crippen molar-refractivity contribution < 1.29 is 27.6 Å². The number of aromatic nitrogens is 2. The van der Waals surface area contributed by atoms with Crippen molar-refractivity contribution in [2.75, 3.05) is 5.32 Å². The van der Waals surface area contributed by atoms with Crippen molar-refractivity contribution >= 4 is 11.8 Å².